The molecule has 1 aliphatic rings. The highest BCUT2D eigenvalue weighted by molar-refractivity contribution is 5.82. The topological polar surface area (TPSA) is 41.1 Å². The highest BCUT2D eigenvalue weighted by Crippen LogP contribution is 2.19. The summed E-state index contributed by atoms with van der Waals surface area (Å²) < 4.78 is 36.2. The van der Waals surface area contributed by atoms with Crippen LogP contribution in [0.4, 0.5) is 13.2 Å². The molecule has 6 heteroatoms. The van der Waals surface area contributed by atoms with Gasteiger partial charge < -0.3 is 10.6 Å². The zero-order valence-corrected chi connectivity index (χ0v) is 7.82. The van der Waals surface area contributed by atoms with Gasteiger partial charge in [0.2, 0.25) is 5.91 Å². The second kappa shape index (κ2) is 4.16. The van der Waals surface area contributed by atoms with E-state index in [-0.39, 0.29) is 0 Å². The van der Waals surface area contributed by atoms with Crippen molar-refractivity contribution in [3.63, 3.8) is 0 Å². The van der Waals surface area contributed by atoms with Crippen molar-refractivity contribution >= 4 is 5.91 Å². The van der Waals surface area contributed by atoms with Crippen LogP contribution >= 0.6 is 0 Å². The Morgan fingerprint density at radius 3 is 2.64 bits per heavy atom. The molecule has 1 unspecified atom stereocenters. The fourth-order valence-corrected chi connectivity index (χ4v) is 1.30. The Morgan fingerprint density at radius 1 is 1.57 bits per heavy atom. The first-order chi connectivity index (χ1) is 6.41. The van der Waals surface area contributed by atoms with Crippen molar-refractivity contribution in [2.75, 3.05) is 6.54 Å². The van der Waals surface area contributed by atoms with Crippen LogP contribution in [0, 0.1) is 0 Å². The number of hydrogen-bond donors (Lipinski definition) is 2. The molecule has 0 aromatic carbocycles. The van der Waals surface area contributed by atoms with Crippen molar-refractivity contribution < 1.29 is 18.0 Å². The predicted octanol–water partition coefficient (Wildman–Crippen LogP) is 0.805. The average Bonchev–Trinajstić information content (AvgIpc) is 2.53. The molecule has 2 atom stereocenters. The molecular weight excluding hydrogens is 197 g/mol. The van der Waals surface area contributed by atoms with E-state index in [1.165, 1.54) is 0 Å². The molecule has 1 amide bonds. The van der Waals surface area contributed by atoms with Gasteiger partial charge in [-0.15, -0.1) is 0 Å². The fraction of sp³-hybridized carbons (Fsp3) is 0.875. The van der Waals surface area contributed by atoms with Crippen molar-refractivity contribution in [2.24, 2.45) is 0 Å². The van der Waals surface area contributed by atoms with E-state index < -0.39 is 24.2 Å². The molecule has 14 heavy (non-hydrogen) atoms. The van der Waals surface area contributed by atoms with E-state index in [0.717, 1.165) is 13.3 Å². The Balaban J connectivity index is 2.40. The summed E-state index contributed by atoms with van der Waals surface area (Å²) in [6.07, 6.45) is -2.93. The number of carbonyl (C=O) groups is 1. The minimum Gasteiger partial charge on any atom is -0.343 e. The third-order valence-corrected chi connectivity index (χ3v) is 2.23. The molecule has 82 valence electrons. The predicted molar refractivity (Wildman–Crippen MR) is 44.7 cm³/mol. The van der Waals surface area contributed by atoms with Gasteiger partial charge in [-0.05, 0) is 26.3 Å². The first-order valence-corrected chi connectivity index (χ1v) is 4.51. The van der Waals surface area contributed by atoms with E-state index in [1.54, 1.807) is 0 Å². The molecule has 1 rings (SSSR count). The number of hydrogen-bond acceptors (Lipinski definition) is 2. The largest absolute Gasteiger partial charge is 0.408 e. The maximum absolute atomic E-state index is 12.1. The Labute approximate surface area is 80.0 Å². The summed E-state index contributed by atoms with van der Waals surface area (Å²) in [4.78, 5) is 11.2. The monoisotopic (exact) mass is 210 g/mol. The molecule has 3 nitrogen and oxygen atoms in total. The molecule has 0 bridgehead atoms. The van der Waals surface area contributed by atoms with E-state index in [4.69, 9.17) is 0 Å². The summed E-state index contributed by atoms with van der Waals surface area (Å²) in [5.41, 5.74) is 0. The highest BCUT2D eigenvalue weighted by atomic mass is 19.4. The molecule has 2 N–H and O–H groups in total. The van der Waals surface area contributed by atoms with Gasteiger partial charge in [-0.2, -0.15) is 13.2 Å². The van der Waals surface area contributed by atoms with E-state index in [0.29, 0.717) is 13.0 Å². The van der Waals surface area contributed by atoms with Gasteiger partial charge in [0.15, 0.2) is 0 Å². The van der Waals surface area contributed by atoms with Gasteiger partial charge in [0, 0.05) is 0 Å². The standard InChI is InChI=1S/C8H13F3N2O/c1-5(8(9,10)11)13-7(14)6-3-2-4-12-6/h5-6,12H,2-4H2,1H3,(H,13,14)/t5?,6-/m1/s1. The van der Waals surface area contributed by atoms with Crippen molar-refractivity contribution in [2.45, 2.75) is 38.0 Å². The van der Waals surface area contributed by atoms with Crippen molar-refractivity contribution in [3.8, 4) is 0 Å². The van der Waals surface area contributed by atoms with Crippen LogP contribution in [0.5, 0.6) is 0 Å². The van der Waals surface area contributed by atoms with Crippen molar-refractivity contribution in [1.29, 1.82) is 0 Å². The number of rotatable bonds is 2. The Bertz CT molecular complexity index is 211. The van der Waals surface area contributed by atoms with Gasteiger partial charge in [-0.25, -0.2) is 0 Å². The van der Waals surface area contributed by atoms with Crippen LogP contribution in [0.25, 0.3) is 0 Å². The van der Waals surface area contributed by atoms with Gasteiger partial charge in [0.05, 0.1) is 6.04 Å². The van der Waals surface area contributed by atoms with Crippen LogP contribution in [-0.4, -0.2) is 30.7 Å². The van der Waals surface area contributed by atoms with Gasteiger partial charge >= 0.3 is 6.18 Å². The van der Waals surface area contributed by atoms with Crippen LogP contribution in [-0.2, 0) is 4.79 Å². The van der Waals surface area contributed by atoms with Crippen LogP contribution in [0.15, 0.2) is 0 Å². The Hall–Kier alpha value is -0.780. The number of nitrogens with one attached hydrogen (secondary N) is 2. The third-order valence-electron chi connectivity index (χ3n) is 2.23. The Morgan fingerprint density at radius 2 is 2.21 bits per heavy atom. The molecule has 0 spiro atoms. The maximum atomic E-state index is 12.1. The summed E-state index contributed by atoms with van der Waals surface area (Å²) in [6.45, 7) is 1.63. The highest BCUT2D eigenvalue weighted by Gasteiger charge is 2.38. The number of halogens is 3. The molecule has 0 saturated carbocycles. The lowest BCUT2D eigenvalue weighted by Gasteiger charge is -2.19. The number of amides is 1. The summed E-state index contributed by atoms with van der Waals surface area (Å²) in [5, 5.41) is 4.77. The molecule has 0 aliphatic carbocycles. The Kier molecular flexibility index (Phi) is 3.36. The van der Waals surface area contributed by atoms with Crippen LogP contribution in [0.2, 0.25) is 0 Å². The van der Waals surface area contributed by atoms with Gasteiger partial charge in [-0.1, -0.05) is 0 Å². The summed E-state index contributed by atoms with van der Waals surface area (Å²) in [6, 6.07) is -2.24. The molecule has 1 fully saturated rings. The first-order valence-electron chi connectivity index (χ1n) is 4.51. The molecule has 0 aromatic heterocycles. The van der Waals surface area contributed by atoms with Gasteiger partial charge in [0.25, 0.3) is 0 Å². The molecule has 0 aromatic rings. The van der Waals surface area contributed by atoms with E-state index in [1.807, 2.05) is 5.32 Å². The normalized spacial score (nSPS) is 24.7. The van der Waals surface area contributed by atoms with Crippen molar-refractivity contribution in [1.82, 2.24) is 10.6 Å². The van der Waals surface area contributed by atoms with E-state index in [2.05, 4.69) is 5.32 Å². The molecule has 1 saturated heterocycles. The second-order valence-corrected chi connectivity index (χ2v) is 3.42. The molecule has 0 radical (unpaired) electrons. The number of carbonyl (C=O) groups excluding carboxylic acids is 1. The van der Waals surface area contributed by atoms with Crippen LogP contribution in [0.3, 0.4) is 0 Å². The molecular formula is C8H13F3N2O. The summed E-state index contributed by atoms with van der Waals surface area (Å²) in [7, 11) is 0. The zero-order valence-electron chi connectivity index (χ0n) is 7.82. The van der Waals surface area contributed by atoms with E-state index in [9.17, 15) is 18.0 Å². The molecule has 1 heterocycles. The minimum absolute atomic E-state index is 0.459. The van der Waals surface area contributed by atoms with Crippen LogP contribution in [0.1, 0.15) is 19.8 Å². The smallest absolute Gasteiger partial charge is 0.343 e. The third kappa shape index (κ3) is 2.87. The minimum atomic E-state index is -4.37. The first kappa shape index (κ1) is 11.3. The lowest BCUT2D eigenvalue weighted by atomic mass is 10.2. The maximum Gasteiger partial charge on any atom is 0.408 e. The quantitative estimate of drug-likeness (QED) is 0.708. The zero-order chi connectivity index (χ0) is 10.8. The van der Waals surface area contributed by atoms with Gasteiger partial charge in [-0.3, -0.25) is 4.79 Å². The lowest BCUT2D eigenvalue weighted by Crippen LogP contribution is -2.49. The second-order valence-electron chi connectivity index (χ2n) is 3.42. The lowest BCUT2D eigenvalue weighted by molar-refractivity contribution is -0.158. The average molecular weight is 210 g/mol. The summed E-state index contributed by atoms with van der Waals surface area (Å²) in [5.74, 6) is -0.563. The van der Waals surface area contributed by atoms with Gasteiger partial charge in [0.1, 0.15) is 6.04 Å². The van der Waals surface area contributed by atoms with Crippen molar-refractivity contribution in [3.05, 3.63) is 0 Å². The SMILES string of the molecule is CC(NC(=O)[C@H]1CCCN1)C(F)(F)F. The fourth-order valence-electron chi connectivity index (χ4n) is 1.30. The van der Waals surface area contributed by atoms with E-state index >= 15 is 0 Å². The number of alkyl halides is 3. The molecule has 1 aliphatic heterocycles. The van der Waals surface area contributed by atoms with Crippen LogP contribution < -0.4 is 10.6 Å². The summed E-state index contributed by atoms with van der Waals surface area (Å²) >= 11 is 0.